The Balaban J connectivity index is 5.36. The number of rotatable bonds is 39. The Morgan fingerprint density at radius 1 is 0.300 bits per heavy atom. The van der Waals surface area contributed by atoms with Crippen molar-refractivity contribution in [3.05, 3.63) is 0 Å². The van der Waals surface area contributed by atoms with Gasteiger partial charge < -0.3 is 0 Å². The van der Waals surface area contributed by atoms with Crippen molar-refractivity contribution in [3.8, 4) is 0 Å². The first kappa shape index (κ1) is 49.2. The van der Waals surface area contributed by atoms with Crippen molar-refractivity contribution in [2.24, 2.45) is 0 Å². The molecule has 0 aliphatic rings. The van der Waals surface area contributed by atoms with Crippen LogP contribution in [-0.2, 0) is 23.6 Å². The normalized spacial score (nSPS) is 11.5. The van der Waals surface area contributed by atoms with E-state index in [1.807, 2.05) is 0 Å². The molecule has 0 amide bonds. The van der Waals surface area contributed by atoms with Gasteiger partial charge in [0, 0.05) is 0 Å². The molecule has 0 aromatic heterocycles. The molecule has 7 heteroatoms. The van der Waals surface area contributed by atoms with Gasteiger partial charge in [0.1, 0.15) is 0 Å². The van der Waals surface area contributed by atoms with Crippen LogP contribution < -0.4 is 0 Å². The summed E-state index contributed by atoms with van der Waals surface area (Å²) in [6, 6.07) is 0. The van der Waals surface area contributed by atoms with E-state index >= 15 is 0 Å². The van der Waals surface area contributed by atoms with Crippen molar-refractivity contribution < 1.29 is 23.6 Å². The predicted octanol–water partition coefficient (Wildman–Crippen LogP) is 14.3. The van der Waals surface area contributed by atoms with Crippen LogP contribution in [0.5, 0.6) is 0 Å². The second-order valence-electron chi connectivity index (χ2n) is 15.0. The zero-order chi connectivity index (χ0) is 36.8. The molecule has 0 aliphatic carbocycles. The Bertz CT molecular complexity index is 689. The molecule has 0 aromatic rings. The van der Waals surface area contributed by atoms with E-state index in [4.69, 9.17) is 9.22 Å². The quantitative estimate of drug-likeness (QED) is 0.0454. The van der Waals surface area contributed by atoms with E-state index in [9.17, 15) is 14.4 Å². The Morgan fingerprint density at radius 3 is 0.740 bits per heavy atom. The molecular formula is C43H84O6Sn. The van der Waals surface area contributed by atoms with Gasteiger partial charge in [-0.1, -0.05) is 0 Å². The third kappa shape index (κ3) is 33.1. The van der Waals surface area contributed by atoms with Gasteiger partial charge in [-0.25, -0.2) is 0 Å². The molecule has 0 fully saturated rings. The van der Waals surface area contributed by atoms with Crippen molar-refractivity contribution in [3.63, 3.8) is 0 Å². The number of carbonyl (C=O) groups excluding carboxylic acids is 3. The van der Waals surface area contributed by atoms with Crippen LogP contribution in [0.4, 0.5) is 0 Å². The molecule has 0 radical (unpaired) electrons. The number of hydrogen-bond acceptors (Lipinski definition) is 6. The van der Waals surface area contributed by atoms with E-state index in [1.54, 1.807) is 0 Å². The van der Waals surface area contributed by atoms with E-state index in [2.05, 4.69) is 27.7 Å². The molecule has 296 valence electrons. The number of hydrogen-bond donors (Lipinski definition) is 0. The van der Waals surface area contributed by atoms with Gasteiger partial charge in [-0.2, -0.15) is 0 Å². The van der Waals surface area contributed by atoms with E-state index in [-0.39, 0.29) is 37.2 Å². The van der Waals surface area contributed by atoms with Gasteiger partial charge in [0.05, 0.1) is 0 Å². The van der Waals surface area contributed by atoms with Gasteiger partial charge >= 0.3 is 318 Å². The summed E-state index contributed by atoms with van der Waals surface area (Å²) >= 11 is -4.87. The van der Waals surface area contributed by atoms with Crippen molar-refractivity contribution in [2.75, 3.05) is 0 Å². The average Bonchev–Trinajstić information content (AvgIpc) is 3.09. The third-order valence-corrected chi connectivity index (χ3v) is 17.2. The number of unbranched alkanes of at least 4 members (excludes halogenated alkanes) is 28. The van der Waals surface area contributed by atoms with Crippen molar-refractivity contribution in [1.29, 1.82) is 0 Å². The first-order valence-electron chi connectivity index (χ1n) is 22.1. The summed E-state index contributed by atoms with van der Waals surface area (Å²) < 4.78 is 18.8. The maximum atomic E-state index is 13.3. The summed E-state index contributed by atoms with van der Waals surface area (Å²) in [6.07, 6.45) is 37.2. The zero-order valence-corrected chi connectivity index (χ0v) is 36.8. The molecule has 0 atom stereocenters. The summed E-state index contributed by atoms with van der Waals surface area (Å²) in [5.74, 6) is -1.07. The van der Waals surface area contributed by atoms with Crippen molar-refractivity contribution in [1.82, 2.24) is 0 Å². The predicted molar refractivity (Wildman–Crippen MR) is 213 cm³/mol. The minimum absolute atomic E-state index is 0.288. The van der Waals surface area contributed by atoms with Crippen LogP contribution in [0.15, 0.2) is 0 Å². The molecule has 0 aliphatic heterocycles. The molecule has 0 spiro atoms. The third-order valence-electron chi connectivity index (χ3n) is 9.85. The maximum absolute atomic E-state index is 13.3. The first-order chi connectivity index (χ1) is 24.4. The second kappa shape index (κ2) is 37.9. The second-order valence-corrected chi connectivity index (χ2v) is 22.1. The molecule has 0 bridgehead atoms. The van der Waals surface area contributed by atoms with Crippen LogP contribution in [-0.4, -0.2) is 37.5 Å². The Hall–Kier alpha value is -0.791. The van der Waals surface area contributed by atoms with E-state index in [0.29, 0.717) is 4.44 Å². The summed E-state index contributed by atoms with van der Waals surface area (Å²) in [4.78, 5) is 39.9. The molecule has 0 N–H and O–H groups in total. The van der Waals surface area contributed by atoms with Crippen molar-refractivity contribution in [2.45, 2.75) is 257 Å². The van der Waals surface area contributed by atoms with Crippen LogP contribution in [0.25, 0.3) is 0 Å². The Morgan fingerprint density at radius 2 is 0.500 bits per heavy atom. The summed E-state index contributed by atoms with van der Waals surface area (Å²) in [6.45, 7) is 8.92. The Kier molecular flexibility index (Phi) is 37.3. The van der Waals surface area contributed by atoms with E-state index in [0.717, 1.165) is 77.0 Å². The van der Waals surface area contributed by atoms with Crippen LogP contribution >= 0.6 is 0 Å². The summed E-state index contributed by atoms with van der Waals surface area (Å²) in [7, 11) is 0. The Labute approximate surface area is 316 Å². The van der Waals surface area contributed by atoms with Crippen LogP contribution in [0, 0.1) is 0 Å². The molecule has 50 heavy (non-hydrogen) atoms. The van der Waals surface area contributed by atoms with E-state index in [1.165, 1.54) is 128 Å². The molecule has 0 heterocycles. The molecule has 0 saturated heterocycles. The fraction of sp³-hybridized carbons (Fsp3) is 0.930. The molecule has 0 saturated carbocycles. The van der Waals surface area contributed by atoms with Crippen LogP contribution in [0.3, 0.4) is 0 Å². The first-order valence-corrected chi connectivity index (χ1v) is 27.6. The molecule has 6 nitrogen and oxygen atoms in total. The minimum atomic E-state index is -4.87. The fourth-order valence-electron chi connectivity index (χ4n) is 6.57. The van der Waals surface area contributed by atoms with Crippen LogP contribution in [0.1, 0.15) is 252 Å². The molecule has 0 unspecified atom stereocenters. The SMILES string of the molecule is CCCCCCCCCCC(=O)[O][Sn]([CH2]CCCCCCCCC)([O]C(=O)CCCCCCCCCC)[O]C(=O)CCCCCCCCCC. The van der Waals surface area contributed by atoms with Gasteiger partial charge in [-0.3, -0.25) is 0 Å². The van der Waals surface area contributed by atoms with Crippen molar-refractivity contribution >= 4 is 37.5 Å². The average molecular weight is 816 g/mol. The fourth-order valence-corrected chi connectivity index (χ4v) is 13.6. The standard InChI is InChI=1S/3C11H22O2.C10H21.Sn/c3*1-2-3-4-5-6-7-8-9-10-11(12)13;1-3-5-7-9-10-8-6-4-2;/h3*2-10H2,1H3,(H,12,13);1,3-10H2,2H3;/q;;;;+3/p-3. The summed E-state index contributed by atoms with van der Waals surface area (Å²) in [5, 5.41) is 0. The van der Waals surface area contributed by atoms with Crippen LogP contribution in [0.2, 0.25) is 4.44 Å². The van der Waals surface area contributed by atoms with Gasteiger partial charge in [-0.05, 0) is 0 Å². The molecule has 0 aromatic carbocycles. The summed E-state index contributed by atoms with van der Waals surface area (Å²) in [5.41, 5.74) is 0. The molecular weight excluding hydrogens is 731 g/mol. The van der Waals surface area contributed by atoms with Gasteiger partial charge in [0.15, 0.2) is 0 Å². The zero-order valence-electron chi connectivity index (χ0n) is 33.9. The molecule has 0 rings (SSSR count). The van der Waals surface area contributed by atoms with E-state index < -0.39 is 19.6 Å². The van der Waals surface area contributed by atoms with Gasteiger partial charge in [0.25, 0.3) is 0 Å². The monoisotopic (exact) mass is 817 g/mol. The van der Waals surface area contributed by atoms with Gasteiger partial charge in [-0.15, -0.1) is 0 Å². The van der Waals surface area contributed by atoms with Gasteiger partial charge in [0.2, 0.25) is 0 Å². The topological polar surface area (TPSA) is 78.9 Å². The number of carbonyl (C=O) groups is 3.